The van der Waals surface area contributed by atoms with Gasteiger partial charge in [0.05, 0.1) is 11.8 Å². The molecule has 2 aromatic carbocycles. The van der Waals surface area contributed by atoms with E-state index in [1.807, 2.05) is 23.6 Å². The van der Waals surface area contributed by atoms with Crippen LogP contribution in [-0.2, 0) is 11.2 Å². The van der Waals surface area contributed by atoms with Gasteiger partial charge in [0.1, 0.15) is 6.04 Å². The van der Waals surface area contributed by atoms with Gasteiger partial charge in [-0.05, 0) is 44.7 Å². The number of rotatable bonds is 9. The monoisotopic (exact) mass is 423 g/mol. The third kappa shape index (κ3) is 5.90. The van der Waals surface area contributed by atoms with Gasteiger partial charge in [-0.15, -0.1) is 11.3 Å². The van der Waals surface area contributed by atoms with Gasteiger partial charge >= 0.3 is 0 Å². The van der Waals surface area contributed by atoms with Gasteiger partial charge in [0, 0.05) is 17.5 Å². The molecule has 0 spiro atoms. The van der Waals surface area contributed by atoms with E-state index >= 15 is 0 Å². The molecule has 0 fully saturated rings. The molecule has 0 unspecified atom stereocenters. The number of carbonyl (C=O) groups is 1. The molecule has 0 aliphatic heterocycles. The van der Waals surface area contributed by atoms with Crippen LogP contribution in [0, 0.1) is 13.8 Å². The third-order valence-electron chi connectivity index (χ3n) is 4.99. The summed E-state index contributed by atoms with van der Waals surface area (Å²) in [6.07, 6.45) is 0.906. The Bertz CT molecular complexity index is 970. The number of anilines is 1. The van der Waals surface area contributed by atoms with E-state index in [-0.39, 0.29) is 5.91 Å². The van der Waals surface area contributed by atoms with Crippen LogP contribution in [-0.4, -0.2) is 34.7 Å². The van der Waals surface area contributed by atoms with Crippen molar-refractivity contribution in [2.75, 3.05) is 11.9 Å². The van der Waals surface area contributed by atoms with Crippen LogP contribution in [0.2, 0.25) is 0 Å². The van der Waals surface area contributed by atoms with Gasteiger partial charge in [-0.25, -0.2) is 4.98 Å². The maximum Gasteiger partial charge on any atom is 0.245 e. The summed E-state index contributed by atoms with van der Waals surface area (Å²) < 4.78 is 0. The third-order valence-corrected chi connectivity index (χ3v) is 5.76. The standard InChI is InChI=1S/C24H29N3O2S/c1-16-11-12-20(17(2)14-16)21-15-30-24(26-21)27-22(18(3)28)23(29)25-13-7-10-19-8-5-4-6-9-19/h4-6,8-9,11-12,14-15,18,22,28H,7,10,13H2,1-3H3,(H,25,29)(H,26,27)/t18-,22+/m1/s1. The second kappa shape index (κ2) is 10.4. The maximum absolute atomic E-state index is 12.6. The van der Waals surface area contributed by atoms with Crippen molar-refractivity contribution in [3.63, 3.8) is 0 Å². The van der Waals surface area contributed by atoms with Crippen LogP contribution < -0.4 is 10.6 Å². The summed E-state index contributed by atoms with van der Waals surface area (Å²) in [7, 11) is 0. The normalized spacial score (nSPS) is 12.9. The zero-order chi connectivity index (χ0) is 21.5. The molecular weight excluding hydrogens is 394 g/mol. The summed E-state index contributed by atoms with van der Waals surface area (Å²) in [6, 6.07) is 15.7. The zero-order valence-corrected chi connectivity index (χ0v) is 18.5. The first kappa shape index (κ1) is 22.0. The number of aliphatic hydroxyl groups is 1. The van der Waals surface area contributed by atoms with Crippen LogP contribution in [0.5, 0.6) is 0 Å². The summed E-state index contributed by atoms with van der Waals surface area (Å²) in [4.78, 5) is 17.2. The number of nitrogens with one attached hydrogen (secondary N) is 2. The molecule has 1 amide bonds. The van der Waals surface area contributed by atoms with Crippen molar-refractivity contribution in [1.82, 2.24) is 10.3 Å². The minimum absolute atomic E-state index is 0.221. The van der Waals surface area contributed by atoms with Gasteiger partial charge < -0.3 is 15.7 Å². The van der Waals surface area contributed by atoms with E-state index in [2.05, 4.69) is 59.8 Å². The lowest BCUT2D eigenvalue weighted by atomic mass is 10.0. The largest absolute Gasteiger partial charge is 0.391 e. The van der Waals surface area contributed by atoms with Crippen molar-refractivity contribution < 1.29 is 9.90 Å². The minimum Gasteiger partial charge on any atom is -0.391 e. The molecule has 0 aliphatic rings. The quantitative estimate of drug-likeness (QED) is 0.448. The number of thiazole rings is 1. The molecule has 6 heteroatoms. The molecule has 5 nitrogen and oxygen atoms in total. The highest BCUT2D eigenvalue weighted by Gasteiger charge is 2.24. The van der Waals surface area contributed by atoms with E-state index < -0.39 is 12.1 Å². The average Bonchev–Trinajstić information content (AvgIpc) is 3.18. The lowest BCUT2D eigenvalue weighted by Gasteiger charge is -2.20. The fourth-order valence-electron chi connectivity index (χ4n) is 3.36. The average molecular weight is 424 g/mol. The number of aromatic nitrogens is 1. The van der Waals surface area contributed by atoms with Crippen molar-refractivity contribution >= 4 is 22.4 Å². The molecule has 0 saturated heterocycles. The molecule has 1 heterocycles. The van der Waals surface area contributed by atoms with E-state index in [0.29, 0.717) is 11.7 Å². The van der Waals surface area contributed by atoms with Gasteiger partial charge in [-0.2, -0.15) is 0 Å². The van der Waals surface area contributed by atoms with E-state index in [0.717, 1.165) is 29.7 Å². The van der Waals surface area contributed by atoms with Crippen LogP contribution in [0.15, 0.2) is 53.9 Å². The molecule has 1 aromatic heterocycles. The first-order valence-corrected chi connectivity index (χ1v) is 11.1. The summed E-state index contributed by atoms with van der Waals surface area (Å²) in [5.41, 5.74) is 5.56. The van der Waals surface area contributed by atoms with Gasteiger partial charge in [0.2, 0.25) is 5.91 Å². The second-order valence-electron chi connectivity index (χ2n) is 7.60. The van der Waals surface area contributed by atoms with Crippen molar-refractivity contribution in [2.24, 2.45) is 0 Å². The number of nitrogens with zero attached hydrogens (tertiary/aromatic N) is 1. The number of aryl methyl sites for hydroxylation is 3. The number of aliphatic hydroxyl groups excluding tert-OH is 1. The maximum atomic E-state index is 12.6. The highest BCUT2D eigenvalue weighted by atomic mass is 32.1. The Morgan fingerprint density at radius 3 is 2.63 bits per heavy atom. The number of benzene rings is 2. The van der Waals surface area contributed by atoms with Crippen molar-refractivity contribution in [1.29, 1.82) is 0 Å². The molecule has 158 valence electrons. The summed E-state index contributed by atoms with van der Waals surface area (Å²) in [6.45, 7) is 6.30. The molecule has 0 aliphatic carbocycles. The topological polar surface area (TPSA) is 74.2 Å². The lowest BCUT2D eigenvalue weighted by molar-refractivity contribution is -0.123. The van der Waals surface area contributed by atoms with Crippen LogP contribution >= 0.6 is 11.3 Å². The Kier molecular flexibility index (Phi) is 7.60. The zero-order valence-electron chi connectivity index (χ0n) is 17.7. The van der Waals surface area contributed by atoms with Gasteiger partial charge in [0.15, 0.2) is 5.13 Å². The molecule has 3 N–H and O–H groups in total. The highest BCUT2D eigenvalue weighted by molar-refractivity contribution is 7.14. The number of carbonyl (C=O) groups excluding carboxylic acids is 1. The second-order valence-corrected chi connectivity index (χ2v) is 8.46. The molecular formula is C24H29N3O2S. The van der Waals surface area contributed by atoms with Gasteiger partial charge in [-0.1, -0.05) is 54.1 Å². The number of hydrogen-bond donors (Lipinski definition) is 3. The number of amides is 1. The van der Waals surface area contributed by atoms with Gasteiger partial charge in [-0.3, -0.25) is 4.79 Å². The SMILES string of the molecule is Cc1ccc(-c2csc(N[C@H](C(=O)NCCCc3ccccc3)[C@@H](C)O)n2)c(C)c1. The van der Waals surface area contributed by atoms with E-state index in [1.165, 1.54) is 22.5 Å². The molecule has 2 atom stereocenters. The first-order chi connectivity index (χ1) is 14.4. The Hall–Kier alpha value is -2.70. The van der Waals surface area contributed by atoms with Crippen LogP contribution in [0.25, 0.3) is 11.3 Å². The Morgan fingerprint density at radius 1 is 1.17 bits per heavy atom. The summed E-state index contributed by atoms with van der Waals surface area (Å²) in [5, 5.41) is 18.7. The van der Waals surface area contributed by atoms with Crippen LogP contribution in [0.1, 0.15) is 30.0 Å². The van der Waals surface area contributed by atoms with Crippen molar-refractivity contribution in [3.05, 3.63) is 70.6 Å². The molecule has 3 rings (SSSR count). The molecule has 3 aromatic rings. The summed E-state index contributed by atoms with van der Waals surface area (Å²) in [5.74, 6) is -0.221. The molecule has 0 radical (unpaired) electrons. The molecule has 0 bridgehead atoms. The first-order valence-electron chi connectivity index (χ1n) is 10.2. The van der Waals surface area contributed by atoms with Crippen molar-refractivity contribution in [3.8, 4) is 11.3 Å². The van der Waals surface area contributed by atoms with Crippen LogP contribution in [0.3, 0.4) is 0 Å². The van der Waals surface area contributed by atoms with E-state index in [4.69, 9.17) is 0 Å². The Labute approximate surface area is 182 Å². The van der Waals surface area contributed by atoms with E-state index in [9.17, 15) is 9.90 Å². The smallest absolute Gasteiger partial charge is 0.245 e. The molecule has 0 saturated carbocycles. The van der Waals surface area contributed by atoms with E-state index in [1.54, 1.807) is 6.92 Å². The summed E-state index contributed by atoms with van der Waals surface area (Å²) >= 11 is 1.43. The Morgan fingerprint density at radius 2 is 1.93 bits per heavy atom. The predicted octanol–water partition coefficient (Wildman–Crippen LogP) is 4.34. The number of hydrogen-bond acceptors (Lipinski definition) is 5. The fourth-order valence-corrected chi connectivity index (χ4v) is 4.11. The predicted molar refractivity (Wildman–Crippen MR) is 124 cm³/mol. The van der Waals surface area contributed by atoms with Gasteiger partial charge in [0.25, 0.3) is 0 Å². The molecule has 30 heavy (non-hydrogen) atoms. The Balaban J connectivity index is 1.57. The lowest BCUT2D eigenvalue weighted by Crippen LogP contribution is -2.46. The minimum atomic E-state index is -0.840. The van der Waals surface area contributed by atoms with Crippen LogP contribution in [0.4, 0.5) is 5.13 Å². The van der Waals surface area contributed by atoms with Crippen molar-refractivity contribution in [2.45, 2.75) is 45.8 Å². The highest BCUT2D eigenvalue weighted by Crippen LogP contribution is 2.28. The fraction of sp³-hybridized carbons (Fsp3) is 0.333.